The average Bonchev–Trinajstić information content (AvgIpc) is 2.60. The van der Waals surface area contributed by atoms with Gasteiger partial charge in [-0.05, 0) is 12.1 Å². The fourth-order valence-electron chi connectivity index (χ4n) is 2.46. The smallest absolute Gasteiger partial charge is 0.295 e. The summed E-state index contributed by atoms with van der Waals surface area (Å²) in [6.45, 7) is 1.29. The van der Waals surface area contributed by atoms with Gasteiger partial charge in [0.05, 0.1) is 15.6 Å². The van der Waals surface area contributed by atoms with Crippen molar-refractivity contribution in [3.63, 3.8) is 0 Å². The molecule has 0 atom stereocenters. The molecule has 0 saturated heterocycles. The van der Waals surface area contributed by atoms with Gasteiger partial charge in [-0.3, -0.25) is 10.1 Å². The van der Waals surface area contributed by atoms with Crippen molar-refractivity contribution in [1.29, 1.82) is 0 Å². The lowest BCUT2D eigenvalue weighted by Crippen LogP contribution is -2.14. The van der Waals surface area contributed by atoms with Gasteiger partial charge in [0.15, 0.2) is 0 Å². The van der Waals surface area contributed by atoms with Crippen molar-refractivity contribution in [3.8, 4) is 0 Å². The summed E-state index contributed by atoms with van der Waals surface area (Å²) >= 11 is 6.22. The molecule has 3 rings (SSSR count). The first-order valence-electron chi connectivity index (χ1n) is 7.41. The van der Waals surface area contributed by atoms with Crippen molar-refractivity contribution in [2.45, 2.75) is 0 Å². The number of nitrogens with zero attached hydrogens (tertiary/aromatic N) is 2. The number of anilines is 2. The standard InChI is InChI=1S/C17H15ClN4O2/c18-14-11-21-17-13(7-4-8-15(17)22(23)24)16(14)20-10-9-19-12-5-2-1-3-6-12/h1-8,11,19H,9-10H2,(H,20,21). The molecule has 0 unspecified atom stereocenters. The number of halogens is 1. The topological polar surface area (TPSA) is 80.1 Å². The van der Waals surface area contributed by atoms with Crippen molar-refractivity contribution in [1.82, 2.24) is 4.98 Å². The van der Waals surface area contributed by atoms with E-state index < -0.39 is 4.92 Å². The summed E-state index contributed by atoms with van der Waals surface area (Å²) in [5.74, 6) is 0. The molecule has 24 heavy (non-hydrogen) atoms. The maximum atomic E-state index is 11.1. The highest BCUT2D eigenvalue weighted by molar-refractivity contribution is 6.34. The molecule has 0 bridgehead atoms. The molecule has 0 amide bonds. The van der Waals surface area contributed by atoms with Crippen molar-refractivity contribution in [2.24, 2.45) is 0 Å². The van der Waals surface area contributed by atoms with Crippen LogP contribution in [0.25, 0.3) is 10.9 Å². The van der Waals surface area contributed by atoms with Crippen LogP contribution < -0.4 is 10.6 Å². The molecule has 0 spiro atoms. The molecule has 1 aromatic heterocycles. The third-order valence-corrected chi connectivity index (χ3v) is 3.84. The van der Waals surface area contributed by atoms with Crippen LogP contribution >= 0.6 is 11.6 Å². The molecule has 3 aromatic rings. The van der Waals surface area contributed by atoms with Gasteiger partial charge in [-0.2, -0.15) is 0 Å². The van der Waals surface area contributed by atoms with Crippen LogP contribution in [0, 0.1) is 10.1 Å². The highest BCUT2D eigenvalue weighted by atomic mass is 35.5. The zero-order valence-corrected chi connectivity index (χ0v) is 13.5. The first-order valence-corrected chi connectivity index (χ1v) is 7.79. The molecule has 0 saturated carbocycles. The molecule has 0 radical (unpaired) electrons. The minimum absolute atomic E-state index is 0.0328. The summed E-state index contributed by atoms with van der Waals surface area (Å²) in [7, 11) is 0. The molecule has 0 aliphatic carbocycles. The van der Waals surface area contributed by atoms with Gasteiger partial charge in [-0.1, -0.05) is 41.9 Å². The van der Waals surface area contributed by atoms with Crippen LogP contribution in [0.15, 0.2) is 54.7 Å². The molecule has 7 heteroatoms. The fourth-order valence-corrected chi connectivity index (χ4v) is 2.68. The van der Waals surface area contributed by atoms with Gasteiger partial charge in [-0.15, -0.1) is 0 Å². The molecular weight excluding hydrogens is 328 g/mol. The Hall–Kier alpha value is -2.86. The van der Waals surface area contributed by atoms with Gasteiger partial charge < -0.3 is 10.6 Å². The Morgan fingerprint density at radius 2 is 1.79 bits per heavy atom. The predicted octanol–water partition coefficient (Wildman–Crippen LogP) is 4.32. The van der Waals surface area contributed by atoms with E-state index in [1.807, 2.05) is 30.3 Å². The van der Waals surface area contributed by atoms with Crippen LogP contribution in [0.1, 0.15) is 0 Å². The second-order valence-corrected chi connectivity index (χ2v) is 5.54. The number of nitro groups is 1. The Bertz CT molecular complexity index is 871. The van der Waals surface area contributed by atoms with Gasteiger partial charge in [0.25, 0.3) is 5.69 Å². The zero-order valence-electron chi connectivity index (χ0n) is 12.7. The van der Waals surface area contributed by atoms with Crippen LogP contribution in [0.5, 0.6) is 0 Å². The van der Waals surface area contributed by atoms with E-state index in [0.717, 1.165) is 5.69 Å². The minimum Gasteiger partial charge on any atom is -0.383 e. The van der Waals surface area contributed by atoms with E-state index in [1.165, 1.54) is 12.3 Å². The summed E-state index contributed by atoms with van der Waals surface area (Å²) in [5.41, 5.74) is 1.97. The van der Waals surface area contributed by atoms with E-state index >= 15 is 0 Å². The fraction of sp³-hybridized carbons (Fsp3) is 0.118. The summed E-state index contributed by atoms with van der Waals surface area (Å²) in [6, 6.07) is 14.7. The summed E-state index contributed by atoms with van der Waals surface area (Å²) in [6.07, 6.45) is 1.43. The van der Waals surface area contributed by atoms with Crippen LogP contribution in [0.4, 0.5) is 17.1 Å². The number of hydrogen-bond acceptors (Lipinski definition) is 5. The van der Waals surface area contributed by atoms with Gasteiger partial charge >= 0.3 is 0 Å². The number of non-ortho nitro benzene ring substituents is 1. The number of nitro benzene ring substituents is 1. The Balaban J connectivity index is 1.77. The van der Waals surface area contributed by atoms with Crippen molar-refractivity contribution in [2.75, 3.05) is 23.7 Å². The summed E-state index contributed by atoms with van der Waals surface area (Å²) < 4.78 is 0. The Kier molecular flexibility index (Phi) is 4.77. The van der Waals surface area contributed by atoms with Crippen LogP contribution in [-0.4, -0.2) is 23.0 Å². The normalized spacial score (nSPS) is 10.5. The lowest BCUT2D eigenvalue weighted by atomic mass is 10.1. The largest absolute Gasteiger partial charge is 0.383 e. The van der Waals surface area contributed by atoms with Gasteiger partial charge in [0, 0.05) is 36.4 Å². The van der Waals surface area contributed by atoms with E-state index in [2.05, 4.69) is 15.6 Å². The Labute approximate surface area is 143 Å². The number of hydrogen-bond donors (Lipinski definition) is 2. The molecule has 0 aliphatic rings. The van der Waals surface area contributed by atoms with Crippen LogP contribution in [0.2, 0.25) is 5.02 Å². The molecule has 2 N–H and O–H groups in total. The lowest BCUT2D eigenvalue weighted by molar-refractivity contribution is -0.383. The number of benzene rings is 2. The monoisotopic (exact) mass is 342 g/mol. The molecule has 1 heterocycles. The van der Waals surface area contributed by atoms with Gasteiger partial charge in [0.1, 0.15) is 5.52 Å². The Morgan fingerprint density at radius 3 is 2.54 bits per heavy atom. The maximum Gasteiger partial charge on any atom is 0.295 e. The third kappa shape index (κ3) is 3.38. The maximum absolute atomic E-state index is 11.1. The second kappa shape index (κ2) is 7.14. The first kappa shape index (κ1) is 16.0. The molecule has 6 nitrogen and oxygen atoms in total. The quantitative estimate of drug-likeness (QED) is 0.396. The Morgan fingerprint density at radius 1 is 1.04 bits per heavy atom. The lowest BCUT2D eigenvalue weighted by Gasteiger charge is -2.12. The summed E-state index contributed by atoms with van der Waals surface area (Å²) in [4.78, 5) is 14.8. The average molecular weight is 343 g/mol. The van der Waals surface area contributed by atoms with Gasteiger partial charge in [0.2, 0.25) is 0 Å². The molecule has 0 fully saturated rings. The van der Waals surface area contributed by atoms with Gasteiger partial charge in [-0.25, -0.2) is 4.98 Å². The number of para-hydroxylation sites is 2. The van der Waals surface area contributed by atoms with Crippen LogP contribution in [-0.2, 0) is 0 Å². The molecule has 2 aromatic carbocycles. The number of fused-ring (bicyclic) bond motifs is 1. The molecular formula is C17H15ClN4O2. The van der Waals surface area contributed by atoms with E-state index in [-0.39, 0.29) is 5.69 Å². The minimum atomic E-state index is -0.440. The van der Waals surface area contributed by atoms with E-state index in [1.54, 1.807) is 12.1 Å². The molecule has 0 aliphatic heterocycles. The van der Waals surface area contributed by atoms with E-state index in [0.29, 0.717) is 34.7 Å². The third-order valence-electron chi connectivity index (χ3n) is 3.56. The highest BCUT2D eigenvalue weighted by Crippen LogP contribution is 2.33. The SMILES string of the molecule is O=[N+]([O-])c1cccc2c(NCCNc3ccccc3)c(Cl)cnc12. The van der Waals surface area contributed by atoms with E-state index in [4.69, 9.17) is 11.6 Å². The number of nitrogens with one attached hydrogen (secondary N) is 2. The highest BCUT2D eigenvalue weighted by Gasteiger charge is 2.16. The number of pyridine rings is 1. The van der Waals surface area contributed by atoms with Crippen molar-refractivity contribution < 1.29 is 4.92 Å². The zero-order chi connectivity index (χ0) is 16.9. The van der Waals surface area contributed by atoms with E-state index in [9.17, 15) is 10.1 Å². The second-order valence-electron chi connectivity index (χ2n) is 5.13. The number of aromatic nitrogens is 1. The van der Waals surface area contributed by atoms with Crippen molar-refractivity contribution in [3.05, 3.63) is 69.9 Å². The van der Waals surface area contributed by atoms with Crippen LogP contribution in [0.3, 0.4) is 0 Å². The molecule has 122 valence electrons. The predicted molar refractivity (Wildman–Crippen MR) is 96.8 cm³/mol. The van der Waals surface area contributed by atoms with Crippen molar-refractivity contribution >= 4 is 39.6 Å². The number of rotatable bonds is 6. The first-order chi connectivity index (χ1) is 11.7. The summed E-state index contributed by atoms with van der Waals surface area (Å²) in [5, 5.41) is 18.7.